The Kier molecular flexibility index (Phi) is 6.49. The summed E-state index contributed by atoms with van der Waals surface area (Å²) >= 11 is 6.15. The lowest BCUT2D eigenvalue weighted by atomic mass is 10.1. The molecule has 0 spiro atoms. The molecule has 3 aromatic carbocycles. The van der Waals surface area contributed by atoms with Crippen molar-refractivity contribution in [3.8, 4) is 5.75 Å². The van der Waals surface area contributed by atoms with Gasteiger partial charge in [-0.3, -0.25) is 9.10 Å². The zero-order valence-electron chi connectivity index (χ0n) is 18.2. The van der Waals surface area contributed by atoms with Crippen LogP contribution >= 0.6 is 11.6 Å². The van der Waals surface area contributed by atoms with E-state index in [-0.39, 0.29) is 18.9 Å². The van der Waals surface area contributed by atoms with Crippen molar-refractivity contribution in [2.45, 2.75) is 12.8 Å². The molecule has 0 aliphatic carbocycles. The first kappa shape index (κ1) is 22.9. The van der Waals surface area contributed by atoms with Crippen molar-refractivity contribution in [1.29, 1.82) is 0 Å². The predicted octanol–water partition coefficient (Wildman–Crippen LogP) is 5.43. The van der Waals surface area contributed by atoms with Crippen molar-refractivity contribution in [2.75, 3.05) is 29.5 Å². The molecule has 1 N–H and O–H groups in total. The second-order valence-electron chi connectivity index (χ2n) is 7.61. The minimum Gasteiger partial charge on any atom is -0.495 e. The second-order valence-corrected chi connectivity index (χ2v) is 9.93. The monoisotopic (exact) mass is 486 g/mol. The Hall–Kier alpha value is -3.23. The molecular weight excluding hydrogens is 464 g/mol. The number of benzene rings is 3. The quantitative estimate of drug-likeness (QED) is 0.358. The van der Waals surface area contributed by atoms with Gasteiger partial charge in [0.2, 0.25) is 15.9 Å². The molecule has 1 amide bonds. The predicted molar refractivity (Wildman–Crippen MR) is 132 cm³/mol. The van der Waals surface area contributed by atoms with Gasteiger partial charge in [-0.25, -0.2) is 8.42 Å². The van der Waals surface area contributed by atoms with Crippen molar-refractivity contribution >= 4 is 60.8 Å². The van der Waals surface area contributed by atoms with Gasteiger partial charge in [0.25, 0.3) is 0 Å². The molecule has 7 nitrogen and oxygen atoms in total. The Morgan fingerprint density at radius 2 is 1.82 bits per heavy atom. The highest BCUT2D eigenvalue weighted by molar-refractivity contribution is 7.92. The summed E-state index contributed by atoms with van der Waals surface area (Å²) in [5, 5.41) is 5.15. The van der Waals surface area contributed by atoms with Crippen LogP contribution in [-0.4, -0.2) is 34.2 Å². The van der Waals surface area contributed by atoms with Crippen LogP contribution in [0, 0.1) is 0 Å². The molecule has 33 heavy (non-hydrogen) atoms. The molecule has 4 aromatic rings. The average Bonchev–Trinajstić information content (AvgIpc) is 3.13. The van der Waals surface area contributed by atoms with E-state index < -0.39 is 10.0 Å². The lowest BCUT2D eigenvalue weighted by molar-refractivity contribution is -0.116. The van der Waals surface area contributed by atoms with Gasteiger partial charge in [-0.2, -0.15) is 0 Å². The van der Waals surface area contributed by atoms with Crippen molar-refractivity contribution in [2.24, 2.45) is 0 Å². The number of sulfonamides is 1. The van der Waals surface area contributed by atoms with Crippen molar-refractivity contribution < 1.29 is 22.4 Å². The number of nitrogens with one attached hydrogen (secondary N) is 1. The Bertz CT molecular complexity index is 1430. The molecule has 9 heteroatoms. The van der Waals surface area contributed by atoms with Crippen LogP contribution in [0.5, 0.6) is 5.75 Å². The van der Waals surface area contributed by atoms with Gasteiger partial charge in [0.05, 0.1) is 24.1 Å². The summed E-state index contributed by atoms with van der Waals surface area (Å²) in [6.45, 7) is 0.136. The van der Waals surface area contributed by atoms with Crippen molar-refractivity contribution in [1.82, 2.24) is 0 Å². The first-order valence-corrected chi connectivity index (χ1v) is 12.5. The van der Waals surface area contributed by atoms with E-state index in [2.05, 4.69) is 5.32 Å². The first-order valence-electron chi connectivity index (χ1n) is 10.3. The summed E-state index contributed by atoms with van der Waals surface area (Å²) in [7, 11) is -2.07. The van der Waals surface area contributed by atoms with E-state index in [0.29, 0.717) is 34.2 Å². The molecule has 0 saturated carbocycles. The third-order valence-corrected chi connectivity index (χ3v) is 6.74. The Morgan fingerprint density at radius 3 is 2.55 bits per heavy atom. The summed E-state index contributed by atoms with van der Waals surface area (Å²) in [4.78, 5) is 12.5. The largest absolute Gasteiger partial charge is 0.495 e. The van der Waals surface area contributed by atoms with Gasteiger partial charge in [0, 0.05) is 35.5 Å². The molecule has 0 bridgehead atoms. The fraction of sp³-hybridized carbons (Fsp3) is 0.208. The number of rotatable bonds is 8. The van der Waals surface area contributed by atoms with Crippen LogP contribution in [0.25, 0.3) is 21.9 Å². The van der Waals surface area contributed by atoms with E-state index >= 15 is 0 Å². The third kappa shape index (κ3) is 5.07. The number of amides is 1. The van der Waals surface area contributed by atoms with Gasteiger partial charge in [0.15, 0.2) is 0 Å². The highest BCUT2D eigenvalue weighted by Crippen LogP contribution is 2.31. The van der Waals surface area contributed by atoms with Gasteiger partial charge in [-0.15, -0.1) is 0 Å². The average molecular weight is 487 g/mol. The van der Waals surface area contributed by atoms with Crippen LogP contribution < -0.4 is 14.4 Å². The number of fused-ring (bicyclic) bond motifs is 3. The summed E-state index contributed by atoms with van der Waals surface area (Å²) in [5.41, 5.74) is 2.51. The molecule has 4 rings (SSSR count). The zero-order chi connectivity index (χ0) is 23.6. The number of halogens is 1. The maximum absolute atomic E-state index is 12.5. The first-order chi connectivity index (χ1) is 15.8. The molecule has 0 saturated heterocycles. The SMILES string of the molecule is COc1ccc(N(CCCC(=O)Nc2ccc3c(c2)oc2ccccc23)S(C)(=O)=O)cc1Cl. The molecule has 1 aromatic heterocycles. The topological polar surface area (TPSA) is 88.8 Å². The summed E-state index contributed by atoms with van der Waals surface area (Å²) < 4.78 is 36.8. The summed E-state index contributed by atoms with van der Waals surface area (Å²) in [6, 6.07) is 18.0. The second kappa shape index (κ2) is 9.33. The Balaban J connectivity index is 1.41. The number of hydrogen-bond donors (Lipinski definition) is 1. The summed E-state index contributed by atoms with van der Waals surface area (Å²) in [6.07, 6.45) is 1.59. The number of nitrogens with zero attached hydrogens (tertiary/aromatic N) is 1. The minimum atomic E-state index is -3.56. The van der Waals surface area contributed by atoms with Crippen molar-refractivity contribution in [3.63, 3.8) is 0 Å². The van der Waals surface area contributed by atoms with E-state index in [1.54, 1.807) is 18.2 Å². The number of furan rings is 1. The smallest absolute Gasteiger partial charge is 0.232 e. The van der Waals surface area contributed by atoms with Crippen LogP contribution in [-0.2, 0) is 14.8 Å². The maximum atomic E-state index is 12.5. The van der Waals surface area contributed by atoms with Gasteiger partial charge in [-0.1, -0.05) is 29.8 Å². The molecule has 0 unspecified atom stereocenters. The Labute approximate surface area is 196 Å². The number of carbonyl (C=O) groups is 1. The number of hydrogen-bond acceptors (Lipinski definition) is 5. The van der Waals surface area contributed by atoms with Crippen LogP contribution in [0.1, 0.15) is 12.8 Å². The molecular formula is C24H23ClN2O5S. The van der Waals surface area contributed by atoms with Crippen LogP contribution in [0.2, 0.25) is 5.02 Å². The fourth-order valence-corrected chi connectivity index (χ4v) is 4.92. The fourth-order valence-electron chi connectivity index (χ4n) is 3.71. The van der Waals surface area contributed by atoms with Gasteiger partial charge >= 0.3 is 0 Å². The van der Waals surface area contributed by atoms with Gasteiger partial charge < -0.3 is 14.5 Å². The molecule has 0 fully saturated rings. The molecule has 0 atom stereocenters. The molecule has 0 aliphatic rings. The number of anilines is 2. The highest BCUT2D eigenvalue weighted by Gasteiger charge is 2.19. The zero-order valence-corrected chi connectivity index (χ0v) is 19.7. The highest BCUT2D eigenvalue weighted by atomic mass is 35.5. The third-order valence-electron chi connectivity index (χ3n) is 5.25. The number of ether oxygens (including phenoxy) is 1. The minimum absolute atomic E-state index is 0.136. The number of methoxy groups -OCH3 is 1. The van der Waals surface area contributed by atoms with Crippen molar-refractivity contribution in [3.05, 3.63) is 65.7 Å². The Morgan fingerprint density at radius 1 is 1.06 bits per heavy atom. The summed E-state index contributed by atoms with van der Waals surface area (Å²) in [5.74, 6) is 0.237. The number of carbonyl (C=O) groups excluding carboxylic acids is 1. The normalized spacial score (nSPS) is 11.6. The van der Waals surface area contributed by atoms with E-state index in [0.717, 1.165) is 22.6 Å². The standard InChI is InChI=1S/C24H23ClN2O5S/c1-31-22-12-10-17(15-20(22)25)27(33(2,29)30)13-5-8-24(28)26-16-9-11-19-18-6-3-4-7-21(18)32-23(19)14-16/h3-4,6-7,9-12,14-15H,5,8,13H2,1-2H3,(H,26,28). The lowest BCUT2D eigenvalue weighted by Gasteiger charge is -2.23. The van der Waals surface area contributed by atoms with Gasteiger partial charge in [-0.05, 0) is 42.8 Å². The van der Waals surface area contributed by atoms with E-state index in [1.807, 2.05) is 36.4 Å². The van der Waals surface area contributed by atoms with Crippen LogP contribution in [0.3, 0.4) is 0 Å². The van der Waals surface area contributed by atoms with E-state index in [1.165, 1.54) is 17.5 Å². The number of para-hydroxylation sites is 1. The molecule has 0 radical (unpaired) electrons. The van der Waals surface area contributed by atoms with E-state index in [4.69, 9.17) is 20.8 Å². The van der Waals surface area contributed by atoms with Gasteiger partial charge in [0.1, 0.15) is 16.9 Å². The molecule has 0 aliphatic heterocycles. The van der Waals surface area contributed by atoms with Crippen LogP contribution in [0.4, 0.5) is 11.4 Å². The maximum Gasteiger partial charge on any atom is 0.232 e. The molecule has 172 valence electrons. The molecule has 1 heterocycles. The van der Waals surface area contributed by atoms with E-state index in [9.17, 15) is 13.2 Å². The van der Waals surface area contributed by atoms with Crippen LogP contribution in [0.15, 0.2) is 65.1 Å². The lowest BCUT2D eigenvalue weighted by Crippen LogP contribution is -2.31.